The Morgan fingerprint density at radius 2 is 2.04 bits per heavy atom. The Morgan fingerprint density at radius 1 is 1.21 bits per heavy atom. The molecule has 0 fully saturated rings. The average molecular weight is 380 g/mol. The van der Waals surface area contributed by atoms with Crippen LogP contribution in [0.5, 0.6) is 0 Å². The molecule has 7 nitrogen and oxygen atoms in total. The van der Waals surface area contributed by atoms with E-state index in [2.05, 4.69) is 56.3 Å². The van der Waals surface area contributed by atoms with Gasteiger partial charge in [0.05, 0.1) is 12.2 Å². The summed E-state index contributed by atoms with van der Waals surface area (Å²) in [5.41, 5.74) is 2.20. The molecule has 28 heavy (non-hydrogen) atoms. The first-order valence-corrected chi connectivity index (χ1v) is 9.67. The molecule has 2 heterocycles. The first kappa shape index (κ1) is 19.7. The maximum Gasteiger partial charge on any atom is 0.192 e. The number of hydrogen-bond acceptors (Lipinski definition) is 4. The summed E-state index contributed by atoms with van der Waals surface area (Å²) < 4.78 is 7.50. The van der Waals surface area contributed by atoms with Crippen LogP contribution < -0.4 is 10.6 Å². The molecule has 148 valence electrons. The number of benzene rings is 1. The van der Waals surface area contributed by atoms with Crippen LogP contribution in [0.25, 0.3) is 0 Å². The van der Waals surface area contributed by atoms with Gasteiger partial charge in [0.2, 0.25) is 0 Å². The van der Waals surface area contributed by atoms with Crippen molar-refractivity contribution in [3.05, 3.63) is 71.6 Å². The second-order valence-corrected chi connectivity index (χ2v) is 6.88. The van der Waals surface area contributed by atoms with Gasteiger partial charge in [0.25, 0.3) is 0 Å². The lowest BCUT2D eigenvalue weighted by atomic mass is 10.1. The number of guanidine groups is 1. The van der Waals surface area contributed by atoms with Gasteiger partial charge in [0, 0.05) is 31.5 Å². The fourth-order valence-corrected chi connectivity index (χ4v) is 2.76. The number of aromatic nitrogens is 3. The van der Waals surface area contributed by atoms with Crippen molar-refractivity contribution in [1.29, 1.82) is 0 Å². The summed E-state index contributed by atoms with van der Waals surface area (Å²) in [6, 6.07) is 12.3. The molecule has 7 heteroatoms. The summed E-state index contributed by atoms with van der Waals surface area (Å²) >= 11 is 0. The summed E-state index contributed by atoms with van der Waals surface area (Å²) in [5, 5.41) is 10.6. The summed E-state index contributed by atoms with van der Waals surface area (Å²) in [4.78, 5) is 9.12. The zero-order valence-corrected chi connectivity index (χ0v) is 16.7. The minimum atomic E-state index is 0.350. The Labute approximate surface area is 165 Å². The predicted octanol–water partition coefficient (Wildman–Crippen LogP) is 3.30. The van der Waals surface area contributed by atoms with Crippen LogP contribution >= 0.6 is 0 Å². The Kier molecular flexibility index (Phi) is 6.84. The van der Waals surface area contributed by atoms with Gasteiger partial charge in [-0.25, -0.2) is 9.98 Å². The van der Waals surface area contributed by atoms with Crippen LogP contribution in [0.2, 0.25) is 0 Å². The van der Waals surface area contributed by atoms with Crippen LogP contribution in [0.4, 0.5) is 0 Å². The quantitative estimate of drug-likeness (QED) is 0.463. The van der Waals surface area contributed by atoms with Gasteiger partial charge in [0.1, 0.15) is 12.4 Å². The molecule has 0 aliphatic carbocycles. The summed E-state index contributed by atoms with van der Waals surface area (Å²) in [5.74, 6) is 2.78. The van der Waals surface area contributed by atoms with Crippen molar-refractivity contribution >= 4 is 5.96 Å². The summed E-state index contributed by atoms with van der Waals surface area (Å²) in [7, 11) is 0. The zero-order chi connectivity index (χ0) is 19.8. The molecule has 3 aromatic rings. The number of nitrogens with zero attached hydrogens (tertiary/aromatic N) is 4. The maximum absolute atomic E-state index is 5.38. The van der Waals surface area contributed by atoms with E-state index in [0.717, 1.165) is 36.3 Å². The molecule has 0 unspecified atom stereocenters. The maximum atomic E-state index is 5.38. The van der Waals surface area contributed by atoms with Gasteiger partial charge in [-0.2, -0.15) is 0 Å². The molecule has 0 radical (unpaired) electrons. The number of aliphatic imine (C=N–C) groups is 1. The molecule has 0 amide bonds. The van der Waals surface area contributed by atoms with Crippen LogP contribution in [-0.2, 0) is 19.6 Å². The fourth-order valence-electron chi connectivity index (χ4n) is 2.76. The lowest BCUT2D eigenvalue weighted by Gasteiger charge is -2.11. The van der Waals surface area contributed by atoms with Crippen LogP contribution in [0.15, 0.2) is 58.3 Å². The Balaban J connectivity index is 1.62. The monoisotopic (exact) mass is 380 g/mol. The zero-order valence-electron chi connectivity index (χ0n) is 16.7. The first-order chi connectivity index (χ1) is 13.7. The van der Waals surface area contributed by atoms with Crippen LogP contribution in [0.1, 0.15) is 49.5 Å². The minimum Gasteiger partial charge on any atom is -0.359 e. The third kappa shape index (κ3) is 5.45. The van der Waals surface area contributed by atoms with Crippen molar-refractivity contribution in [2.24, 2.45) is 4.99 Å². The average Bonchev–Trinajstić information content (AvgIpc) is 3.34. The van der Waals surface area contributed by atoms with Crippen LogP contribution in [0.3, 0.4) is 0 Å². The molecule has 0 bridgehead atoms. The van der Waals surface area contributed by atoms with E-state index in [1.165, 1.54) is 5.56 Å². The standard InChI is InChI=1S/C21H28N6O/c1-4-22-21(24-13-18-12-19(16(2)3)26-28-18)25-14-20-23-10-11-27(20)15-17-8-6-5-7-9-17/h5-12,16H,4,13-15H2,1-3H3,(H2,22,24,25). The molecule has 0 atom stereocenters. The normalized spacial score (nSPS) is 11.8. The van der Waals surface area contributed by atoms with E-state index in [1.807, 2.05) is 43.6 Å². The van der Waals surface area contributed by atoms with E-state index in [1.54, 1.807) is 0 Å². The van der Waals surface area contributed by atoms with Crippen LogP contribution in [-0.4, -0.2) is 27.2 Å². The van der Waals surface area contributed by atoms with Gasteiger partial charge in [-0.3, -0.25) is 0 Å². The molecular formula is C21H28N6O. The molecule has 1 aromatic carbocycles. The third-order valence-corrected chi connectivity index (χ3v) is 4.32. The van der Waals surface area contributed by atoms with Crippen molar-refractivity contribution in [2.45, 2.75) is 46.3 Å². The molecule has 0 saturated carbocycles. The van der Waals surface area contributed by atoms with Crippen molar-refractivity contribution in [3.63, 3.8) is 0 Å². The molecular weight excluding hydrogens is 352 g/mol. The van der Waals surface area contributed by atoms with E-state index < -0.39 is 0 Å². The summed E-state index contributed by atoms with van der Waals surface area (Å²) in [6.45, 7) is 8.81. The van der Waals surface area contributed by atoms with Gasteiger partial charge in [-0.15, -0.1) is 0 Å². The molecule has 0 aliphatic rings. The second-order valence-electron chi connectivity index (χ2n) is 6.88. The van der Waals surface area contributed by atoms with E-state index in [-0.39, 0.29) is 0 Å². The topological polar surface area (TPSA) is 80.3 Å². The Bertz CT molecular complexity index is 881. The van der Waals surface area contributed by atoms with Gasteiger partial charge < -0.3 is 19.7 Å². The number of imidazole rings is 1. The minimum absolute atomic E-state index is 0.350. The van der Waals surface area contributed by atoms with Crippen molar-refractivity contribution < 1.29 is 4.52 Å². The van der Waals surface area contributed by atoms with Gasteiger partial charge in [-0.1, -0.05) is 49.3 Å². The third-order valence-electron chi connectivity index (χ3n) is 4.32. The lowest BCUT2D eigenvalue weighted by molar-refractivity contribution is 0.372. The highest BCUT2D eigenvalue weighted by atomic mass is 16.5. The van der Waals surface area contributed by atoms with Crippen molar-refractivity contribution in [2.75, 3.05) is 6.54 Å². The Morgan fingerprint density at radius 3 is 2.75 bits per heavy atom. The van der Waals surface area contributed by atoms with E-state index in [9.17, 15) is 0 Å². The lowest BCUT2D eigenvalue weighted by Crippen LogP contribution is -2.36. The van der Waals surface area contributed by atoms with E-state index >= 15 is 0 Å². The highest BCUT2D eigenvalue weighted by molar-refractivity contribution is 5.79. The molecule has 0 spiro atoms. The molecule has 0 aliphatic heterocycles. The van der Waals surface area contributed by atoms with Gasteiger partial charge in [-0.05, 0) is 18.4 Å². The molecule has 3 rings (SSSR count). The SMILES string of the molecule is CCNC(=NCc1nccn1Cc1ccccc1)NCc1cc(C(C)C)no1. The van der Waals surface area contributed by atoms with Crippen molar-refractivity contribution in [1.82, 2.24) is 25.3 Å². The second kappa shape index (κ2) is 9.73. The van der Waals surface area contributed by atoms with Gasteiger partial charge in [0.15, 0.2) is 11.7 Å². The van der Waals surface area contributed by atoms with Crippen molar-refractivity contribution in [3.8, 4) is 0 Å². The largest absolute Gasteiger partial charge is 0.359 e. The number of rotatable bonds is 8. The smallest absolute Gasteiger partial charge is 0.192 e. The van der Waals surface area contributed by atoms with Gasteiger partial charge >= 0.3 is 0 Å². The predicted molar refractivity (Wildman–Crippen MR) is 110 cm³/mol. The highest BCUT2D eigenvalue weighted by Crippen LogP contribution is 2.13. The van der Waals surface area contributed by atoms with E-state index in [0.29, 0.717) is 19.0 Å². The molecule has 0 saturated heterocycles. The van der Waals surface area contributed by atoms with E-state index in [4.69, 9.17) is 4.52 Å². The highest BCUT2D eigenvalue weighted by Gasteiger charge is 2.09. The molecule has 2 N–H and O–H groups in total. The fraction of sp³-hybridized carbons (Fsp3) is 0.381. The van der Waals surface area contributed by atoms with Crippen LogP contribution in [0, 0.1) is 0 Å². The molecule has 2 aromatic heterocycles. The number of hydrogen-bond donors (Lipinski definition) is 2. The number of nitrogens with one attached hydrogen (secondary N) is 2. The summed E-state index contributed by atoms with van der Waals surface area (Å²) in [6.07, 6.45) is 3.80. The first-order valence-electron chi connectivity index (χ1n) is 9.67. The Hall–Kier alpha value is -3.09.